The van der Waals surface area contributed by atoms with E-state index < -0.39 is 0 Å². The van der Waals surface area contributed by atoms with Crippen LogP contribution in [0.3, 0.4) is 0 Å². The summed E-state index contributed by atoms with van der Waals surface area (Å²) in [4.78, 5) is 8.76. The van der Waals surface area contributed by atoms with Crippen LogP contribution in [0.2, 0.25) is 0 Å². The fourth-order valence-electron chi connectivity index (χ4n) is 3.00. The monoisotopic (exact) mass is 309 g/mol. The van der Waals surface area contributed by atoms with Gasteiger partial charge >= 0.3 is 0 Å². The Morgan fingerprint density at radius 1 is 1.33 bits per heavy atom. The van der Waals surface area contributed by atoms with E-state index in [0.29, 0.717) is 11.5 Å². The Balaban J connectivity index is 2.07. The summed E-state index contributed by atoms with van der Waals surface area (Å²) < 4.78 is 0. The molecular formula is C17H31N3S. The van der Waals surface area contributed by atoms with Crippen LogP contribution in [0.1, 0.15) is 70.0 Å². The summed E-state index contributed by atoms with van der Waals surface area (Å²) in [6.07, 6.45) is 5.06. The topological polar surface area (TPSA) is 28.2 Å². The molecule has 1 aromatic heterocycles. The molecule has 21 heavy (non-hydrogen) atoms. The molecule has 0 saturated carbocycles. The molecule has 0 aliphatic carbocycles. The Morgan fingerprint density at radius 2 is 2.10 bits per heavy atom. The number of nitrogens with zero attached hydrogens (tertiary/aromatic N) is 2. The van der Waals surface area contributed by atoms with Crippen molar-refractivity contribution < 1.29 is 0 Å². The Labute approximate surface area is 134 Å². The van der Waals surface area contributed by atoms with Crippen molar-refractivity contribution in [2.75, 3.05) is 24.5 Å². The molecule has 0 bridgehead atoms. The van der Waals surface area contributed by atoms with Crippen molar-refractivity contribution in [3.05, 3.63) is 10.6 Å². The lowest BCUT2D eigenvalue weighted by molar-refractivity contribution is 0.325. The van der Waals surface area contributed by atoms with Gasteiger partial charge in [0.15, 0.2) is 5.13 Å². The highest BCUT2D eigenvalue weighted by Gasteiger charge is 2.25. The van der Waals surface area contributed by atoms with E-state index in [1.807, 2.05) is 11.3 Å². The third-order valence-corrected chi connectivity index (χ3v) is 5.93. The quantitative estimate of drug-likeness (QED) is 0.866. The molecule has 1 N–H and O–H groups in total. The van der Waals surface area contributed by atoms with E-state index in [4.69, 9.17) is 4.98 Å². The Hall–Kier alpha value is -0.610. The van der Waals surface area contributed by atoms with Crippen LogP contribution in [0.4, 0.5) is 5.13 Å². The van der Waals surface area contributed by atoms with Gasteiger partial charge in [-0.3, -0.25) is 0 Å². The van der Waals surface area contributed by atoms with Gasteiger partial charge in [-0.05, 0) is 51.5 Å². The predicted octanol–water partition coefficient (Wildman–Crippen LogP) is 4.53. The lowest BCUT2D eigenvalue weighted by Crippen LogP contribution is -2.24. The first-order chi connectivity index (χ1) is 9.93. The average molecular weight is 310 g/mol. The highest BCUT2D eigenvalue weighted by Crippen LogP contribution is 2.35. The van der Waals surface area contributed by atoms with E-state index in [-0.39, 0.29) is 0 Å². The zero-order valence-corrected chi connectivity index (χ0v) is 15.1. The van der Waals surface area contributed by atoms with Crippen LogP contribution in [-0.4, -0.2) is 24.6 Å². The zero-order chi connectivity index (χ0) is 15.5. The molecule has 1 atom stereocenters. The van der Waals surface area contributed by atoms with Crippen molar-refractivity contribution in [2.24, 2.45) is 5.41 Å². The van der Waals surface area contributed by atoms with Crippen LogP contribution < -0.4 is 10.2 Å². The summed E-state index contributed by atoms with van der Waals surface area (Å²) in [5.74, 6) is 0. The second-order valence-electron chi connectivity index (χ2n) is 7.13. The maximum atomic E-state index is 4.86. The van der Waals surface area contributed by atoms with Crippen LogP contribution in [0, 0.1) is 12.3 Å². The Kier molecular flexibility index (Phi) is 5.67. The van der Waals surface area contributed by atoms with Crippen molar-refractivity contribution >= 4 is 16.5 Å². The Morgan fingerprint density at radius 3 is 2.81 bits per heavy atom. The van der Waals surface area contributed by atoms with Gasteiger partial charge in [-0.1, -0.05) is 20.8 Å². The lowest BCUT2D eigenvalue weighted by Gasteiger charge is -2.23. The van der Waals surface area contributed by atoms with Gasteiger partial charge in [0.25, 0.3) is 0 Å². The van der Waals surface area contributed by atoms with Gasteiger partial charge in [-0.25, -0.2) is 4.98 Å². The molecule has 3 nitrogen and oxygen atoms in total. The van der Waals surface area contributed by atoms with Gasteiger partial charge in [-0.2, -0.15) is 0 Å². The number of thiazole rings is 1. The fourth-order valence-corrected chi connectivity index (χ4v) is 4.14. The number of hydrogen-bond acceptors (Lipinski definition) is 4. The van der Waals surface area contributed by atoms with Gasteiger partial charge in [0.1, 0.15) is 0 Å². The van der Waals surface area contributed by atoms with E-state index >= 15 is 0 Å². The molecule has 0 spiro atoms. The van der Waals surface area contributed by atoms with E-state index in [1.165, 1.54) is 41.4 Å². The molecule has 0 amide bonds. The molecular weight excluding hydrogens is 278 g/mol. The molecule has 2 heterocycles. The second kappa shape index (κ2) is 7.10. The van der Waals surface area contributed by atoms with Crippen molar-refractivity contribution in [2.45, 2.75) is 66.3 Å². The first-order valence-electron chi connectivity index (χ1n) is 8.38. The standard InChI is InChI=1S/C17H31N3S/c1-6-10-18-13(2)15-14(3)19-16(21-15)20-11-7-8-17(4,5)9-12-20/h13,18H,6-12H2,1-5H3. The fraction of sp³-hybridized carbons (Fsp3) is 0.824. The molecule has 1 unspecified atom stereocenters. The van der Waals surface area contributed by atoms with Crippen LogP contribution in [0.25, 0.3) is 0 Å². The molecule has 0 radical (unpaired) electrons. The second-order valence-corrected chi connectivity index (χ2v) is 8.14. The minimum absolute atomic E-state index is 0.416. The molecule has 1 aliphatic heterocycles. The van der Waals surface area contributed by atoms with Crippen LogP contribution in [-0.2, 0) is 0 Å². The minimum atomic E-state index is 0.416. The largest absolute Gasteiger partial charge is 0.348 e. The van der Waals surface area contributed by atoms with Crippen molar-refractivity contribution in [1.82, 2.24) is 10.3 Å². The first-order valence-corrected chi connectivity index (χ1v) is 9.20. The maximum Gasteiger partial charge on any atom is 0.185 e. The zero-order valence-electron chi connectivity index (χ0n) is 14.3. The van der Waals surface area contributed by atoms with Crippen molar-refractivity contribution in [3.8, 4) is 0 Å². The highest BCUT2D eigenvalue weighted by molar-refractivity contribution is 7.15. The van der Waals surface area contributed by atoms with E-state index in [1.54, 1.807) is 0 Å². The summed E-state index contributed by atoms with van der Waals surface area (Å²) in [7, 11) is 0. The molecule has 1 fully saturated rings. The van der Waals surface area contributed by atoms with Crippen LogP contribution in [0.15, 0.2) is 0 Å². The van der Waals surface area contributed by atoms with Crippen molar-refractivity contribution in [3.63, 3.8) is 0 Å². The smallest absolute Gasteiger partial charge is 0.185 e. The summed E-state index contributed by atoms with van der Waals surface area (Å²) in [6.45, 7) is 14.8. The minimum Gasteiger partial charge on any atom is -0.348 e. The van der Waals surface area contributed by atoms with Gasteiger partial charge < -0.3 is 10.2 Å². The summed E-state index contributed by atoms with van der Waals surface area (Å²) in [5, 5.41) is 4.81. The van der Waals surface area contributed by atoms with Crippen LogP contribution >= 0.6 is 11.3 Å². The Bertz CT molecular complexity index is 453. The summed E-state index contributed by atoms with van der Waals surface area (Å²) in [5.41, 5.74) is 1.69. The molecule has 0 aromatic carbocycles. The SMILES string of the molecule is CCCNC(C)c1sc(N2CCCC(C)(C)CC2)nc1C. The van der Waals surface area contributed by atoms with Gasteiger partial charge in [0.2, 0.25) is 0 Å². The first kappa shape index (κ1) is 16.8. The van der Waals surface area contributed by atoms with Crippen molar-refractivity contribution in [1.29, 1.82) is 0 Å². The average Bonchev–Trinajstić information content (AvgIpc) is 2.71. The molecule has 1 saturated heterocycles. The number of hydrogen-bond donors (Lipinski definition) is 1. The summed E-state index contributed by atoms with van der Waals surface area (Å²) >= 11 is 1.89. The third-order valence-electron chi connectivity index (χ3n) is 4.53. The third kappa shape index (κ3) is 4.43. The van der Waals surface area contributed by atoms with Crippen LogP contribution in [0.5, 0.6) is 0 Å². The van der Waals surface area contributed by atoms with Gasteiger partial charge in [-0.15, -0.1) is 11.3 Å². The number of rotatable bonds is 5. The molecule has 120 valence electrons. The van der Waals surface area contributed by atoms with Gasteiger partial charge in [0.05, 0.1) is 5.69 Å². The normalized spacial score (nSPS) is 20.3. The number of nitrogens with one attached hydrogen (secondary N) is 1. The number of anilines is 1. The lowest BCUT2D eigenvalue weighted by atomic mass is 9.85. The molecule has 1 aromatic rings. The molecule has 4 heteroatoms. The van der Waals surface area contributed by atoms with Gasteiger partial charge in [0, 0.05) is 24.0 Å². The highest BCUT2D eigenvalue weighted by atomic mass is 32.1. The predicted molar refractivity (Wildman–Crippen MR) is 93.4 cm³/mol. The van der Waals surface area contributed by atoms with E-state index in [0.717, 1.165) is 19.6 Å². The molecule has 2 rings (SSSR count). The number of aryl methyl sites for hydroxylation is 1. The summed E-state index contributed by atoms with van der Waals surface area (Å²) in [6, 6.07) is 0.416. The maximum absolute atomic E-state index is 4.86. The molecule has 1 aliphatic rings. The van der Waals surface area contributed by atoms with E-state index in [9.17, 15) is 0 Å². The van der Waals surface area contributed by atoms with E-state index in [2.05, 4.69) is 44.8 Å². The number of aromatic nitrogens is 1.